The molecule has 1 fully saturated rings. The number of aromatic nitrogens is 2. The Morgan fingerprint density at radius 1 is 1.33 bits per heavy atom. The van der Waals surface area contributed by atoms with Crippen LogP contribution in [0.1, 0.15) is 50.0 Å². The smallest absolute Gasteiger partial charge is 0.144 e. The minimum absolute atomic E-state index is 0.611. The van der Waals surface area contributed by atoms with Gasteiger partial charge < -0.3 is 5.32 Å². The molecule has 1 aliphatic rings. The zero-order chi connectivity index (χ0) is 13.0. The van der Waals surface area contributed by atoms with Crippen molar-refractivity contribution in [2.45, 2.75) is 44.3 Å². The van der Waals surface area contributed by atoms with Crippen LogP contribution in [-0.2, 0) is 5.75 Å². The average Bonchev–Trinajstić information content (AvgIpc) is 2.91. The summed E-state index contributed by atoms with van der Waals surface area (Å²) in [7, 11) is 1.92. The highest BCUT2D eigenvalue weighted by atomic mass is 79.9. The normalized spacial score (nSPS) is 16.2. The third kappa shape index (κ3) is 3.18. The first kappa shape index (κ1) is 14.1. The fraction of sp³-hybridized carbons (Fsp3) is 0.692. The maximum atomic E-state index is 4.78. The lowest BCUT2D eigenvalue weighted by molar-refractivity contribution is 0.684. The van der Waals surface area contributed by atoms with Gasteiger partial charge in [0.1, 0.15) is 11.6 Å². The Hall–Kier alpha value is -0.290. The maximum Gasteiger partial charge on any atom is 0.144 e. The van der Waals surface area contributed by atoms with Crippen LogP contribution in [-0.4, -0.2) is 22.8 Å². The number of hydrogen-bond donors (Lipinski definition) is 1. The first-order valence-electron chi connectivity index (χ1n) is 6.58. The number of thioether (sulfide) groups is 1. The average molecular weight is 330 g/mol. The van der Waals surface area contributed by atoms with E-state index in [0.717, 1.165) is 27.6 Å². The van der Waals surface area contributed by atoms with Crippen LogP contribution in [0.2, 0.25) is 0 Å². The van der Waals surface area contributed by atoms with Gasteiger partial charge in [0, 0.05) is 13.0 Å². The van der Waals surface area contributed by atoms with Crippen molar-refractivity contribution in [1.82, 2.24) is 9.97 Å². The van der Waals surface area contributed by atoms with Crippen LogP contribution in [0.25, 0.3) is 0 Å². The molecule has 2 rings (SSSR count). The molecule has 0 spiro atoms. The molecule has 0 amide bonds. The first-order valence-corrected chi connectivity index (χ1v) is 8.52. The standard InChI is InChI=1S/C13H20BrN3S/c1-3-18-8-10-16-12(9-6-4-5-7-9)11(14)13(15-2)17-10/h9H,3-8H2,1-2H3,(H,15,16,17). The highest BCUT2D eigenvalue weighted by Gasteiger charge is 2.23. The zero-order valence-electron chi connectivity index (χ0n) is 11.0. The zero-order valence-corrected chi connectivity index (χ0v) is 13.4. The molecule has 100 valence electrons. The van der Waals surface area contributed by atoms with E-state index in [9.17, 15) is 0 Å². The molecule has 1 saturated carbocycles. The molecule has 0 bridgehead atoms. The third-order valence-electron chi connectivity index (χ3n) is 3.34. The van der Waals surface area contributed by atoms with E-state index in [1.807, 2.05) is 18.8 Å². The van der Waals surface area contributed by atoms with Gasteiger partial charge in [-0.05, 0) is 34.5 Å². The number of nitrogens with zero attached hydrogens (tertiary/aromatic N) is 2. The van der Waals surface area contributed by atoms with Crippen molar-refractivity contribution in [2.24, 2.45) is 0 Å². The van der Waals surface area contributed by atoms with Gasteiger partial charge in [-0.2, -0.15) is 11.8 Å². The summed E-state index contributed by atoms with van der Waals surface area (Å²) in [4.78, 5) is 9.35. The second-order valence-corrected chi connectivity index (χ2v) is 6.62. The molecule has 3 nitrogen and oxygen atoms in total. The Morgan fingerprint density at radius 3 is 2.67 bits per heavy atom. The van der Waals surface area contributed by atoms with Crippen LogP contribution >= 0.6 is 27.7 Å². The van der Waals surface area contributed by atoms with E-state index in [1.165, 1.54) is 31.4 Å². The molecule has 1 heterocycles. The van der Waals surface area contributed by atoms with E-state index < -0.39 is 0 Å². The summed E-state index contributed by atoms with van der Waals surface area (Å²) in [5.41, 5.74) is 1.21. The molecule has 1 N–H and O–H groups in total. The summed E-state index contributed by atoms with van der Waals surface area (Å²) in [6.07, 6.45) is 5.18. The quantitative estimate of drug-likeness (QED) is 0.878. The lowest BCUT2D eigenvalue weighted by Gasteiger charge is -2.15. The van der Waals surface area contributed by atoms with Crippen LogP contribution in [0.4, 0.5) is 5.82 Å². The van der Waals surface area contributed by atoms with Gasteiger partial charge in [-0.15, -0.1) is 0 Å². The van der Waals surface area contributed by atoms with E-state index in [4.69, 9.17) is 4.98 Å². The fourth-order valence-electron chi connectivity index (χ4n) is 2.41. The summed E-state index contributed by atoms with van der Waals surface area (Å²) in [5, 5.41) is 3.17. The predicted molar refractivity (Wildman–Crippen MR) is 82.3 cm³/mol. The van der Waals surface area contributed by atoms with E-state index in [-0.39, 0.29) is 0 Å². The van der Waals surface area contributed by atoms with Crippen LogP contribution in [0.3, 0.4) is 0 Å². The molecule has 1 aromatic heterocycles. The second-order valence-electron chi connectivity index (χ2n) is 4.56. The molecule has 1 aromatic rings. The molecule has 0 saturated heterocycles. The van der Waals surface area contributed by atoms with E-state index in [0.29, 0.717) is 5.92 Å². The van der Waals surface area contributed by atoms with E-state index in [1.54, 1.807) is 0 Å². The highest BCUT2D eigenvalue weighted by Crippen LogP contribution is 2.38. The maximum absolute atomic E-state index is 4.78. The number of halogens is 1. The molecule has 0 atom stereocenters. The Kier molecular flexibility index (Phi) is 5.30. The van der Waals surface area contributed by atoms with Crippen LogP contribution in [0.15, 0.2) is 4.47 Å². The number of rotatable bonds is 5. The van der Waals surface area contributed by atoms with Gasteiger partial charge >= 0.3 is 0 Å². The molecule has 0 aromatic carbocycles. The Morgan fingerprint density at radius 2 is 2.06 bits per heavy atom. The summed E-state index contributed by atoms with van der Waals surface area (Å²) in [6.45, 7) is 2.17. The van der Waals surface area contributed by atoms with Gasteiger partial charge in [0.05, 0.1) is 15.9 Å². The van der Waals surface area contributed by atoms with E-state index >= 15 is 0 Å². The van der Waals surface area contributed by atoms with Gasteiger partial charge in [-0.3, -0.25) is 0 Å². The molecule has 0 unspecified atom stereocenters. The van der Waals surface area contributed by atoms with Gasteiger partial charge in [0.2, 0.25) is 0 Å². The van der Waals surface area contributed by atoms with Crippen LogP contribution < -0.4 is 5.32 Å². The van der Waals surface area contributed by atoms with Crippen molar-refractivity contribution in [1.29, 1.82) is 0 Å². The molecule has 18 heavy (non-hydrogen) atoms. The Labute approximate surface area is 122 Å². The summed E-state index contributed by atoms with van der Waals surface area (Å²) < 4.78 is 1.06. The highest BCUT2D eigenvalue weighted by molar-refractivity contribution is 9.10. The van der Waals surface area contributed by atoms with Crippen LogP contribution in [0, 0.1) is 0 Å². The minimum atomic E-state index is 0.611. The lowest BCUT2D eigenvalue weighted by atomic mass is 10.0. The molecular weight excluding hydrogens is 310 g/mol. The topological polar surface area (TPSA) is 37.8 Å². The van der Waals surface area contributed by atoms with E-state index in [2.05, 4.69) is 33.2 Å². The van der Waals surface area contributed by atoms with Crippen molar-refractivity contribution in [3.8, 4) is 0 Å². The lowest BCUT2D eigenvalue weighted by Crippen LogP contribution is -2.07. The largest absolute Gasteiger partial charge is 0.372 e. The number of nitrogens with one attached hydrogen (secondary N) is 1. The SMILES string of the molecule is CCSCc1nc(NC)c(Br)c(C2CCCC2)n1. The van der Waals surface area contributed by atoms with Gasteiger partial charge in [-0.25, -0.2) is 9.97 Å². The minimum Gasteiger partial charge on any atom is -0.372 e. The molecular formula is C13H20BrN3S. The van der Waals surface area contributed by atoms with Crippen molar-refractivity contribution < 1.29 is 0 Å². The third-order valence-corrected chi connectivity index (χ3v) is 4.99. The first-order chi connectivity index (χ1) is 8.76. The fourth-order valence-corrected chi connectivity index (χ4v) is 3.62. The van der Waals surface area contributed by atoms with Gasteiger partial charge in [-0.1, -0.05) is 19.8 Å². The monoisotopic (exact) mass is 329 g/mol. The number of hydrogen-bond acceptors (Lipinski definition) is 4. The Balaban J connectivity index is 2.30. The summed E-state index contributed by atoms with van der Waals surface area (Å²) in [6, 6.07) is 0. The molecule has 5 heteroatoms. The number of anilines is 1. The van der Waals surface area contributed by atoms with Crippen molar-refractivity contribution >= 4 is 33.5 Å². The Bertz CT molecular complexity index is 405. The molecule has 1 aliphatic carbocycles. The predicted octanol–water partition coefficient (Wildman–Crippen LogP) is 4.19. The van der Waals surface area contributed by atoms with Crippen molar-refractivity contribution in [3.63, 3.8) is 0 Å². The summed E-state index contributed by atoms with van der Waals surface area (Å²) in [5.74, 6) is 4.50. The van der Waals surface area contributed by atoms with Gasteiger partial charge in [0.25, 0.3) is 0 Å². The second kappa shape index (κ2) is 6.75. The summed E-state index contributed by atoms with van der Waals surface area (Å²) >= 11 is 5.53. The molecule has 0 radical (unpaired) electrons. The van der Waals surface area contributed by atoms with Crippen molar-refractivity contribution in [3.05, 3.63) is 16.0 Å². The molecule has 0 aliphatic heterocycles. The van der Waals surface area contributed by atoms with Crippen molar-refractivity contribution in [2.75, 3.05) is 18.1 Å². The van der Waals surface area contributed by atoms with Crippen LogP contribution in [0.5, 0.6) is 0 Å². The van der Waals surface area contributed by atoms with Gasteiger partial charge in [0.15, 0.2) is 0 Å².